The van der Waals surface area contributed by atoms with E-state index in [0.717, 1.165) is 25.7 Å². The number of carbonyl (C=O) groups is 1. The highest BCUT2D eigenvalue weighted by Crippen LogP contribution is 2.23. The lowest BCUT2D eigenvalue weighted by atomic mass is 9.94. The largest absolute Gasteiger partial charge is 0.352 e. The lowest BCUT2D eigenvalue weighted by Gasteiger charge is -2.27. The molecule has 0 saturated heterocycles. The number of nitrogens with one attached hydrogen (secondary N) is 1. The Kier molecular flexibility index (Phi) is 4.59. The number of carbonyl (C=O) groups excluding carboxylic acids is 1. The second-order valence-electron chi connectivity index (χ2n) is 4.74. The van der Waals surface area contributed by atoms with Crippen LogP contribution in [0.4, 0.5) is 4.39 Å². The first-order valence-electron chi connectivity index (χ1n) is 6.33. The molecule has 0 aliphatic heterocycles. The van der Waals surface area contributed by atoms with Crippen LogP contribution < -0.4 is 5.32 Å². The van der Waals surface area contributed by atoms with E-state index in [1.807, 2.05) is 0 Å². The van der Waals surface area contributed by atoms with Gasteiger partial charge in [-0.2, -0.15) is 0 Å². The average Bonchev–Trinajstić information content (AvgIpc) is 2.35. The van der Waals surface area contributed by atoms with E-state index >= 15 is 0 Å². The molecular weight excluding hydrogens is 253 g/mol. The number of rotatable bonds is 3. The predicted molar refractivity (Wildman–Crippen MR) is 70.1 cm³/mol. The molecule has 0 spiro atoms. The molecule has 0 aromatic heterocycles. The first-order valence-corrected chi connectivity index (χ1v) is 6.77. The van der Waals surface area contributed by atoms with Gasteiger partial charge in [0.25, 0.3) is 0 Å². The molecule has 1 saturated carbocycles. The zero-order chi connectivity index (χ0) is 13.0. The van der Waals surface area contributed by atoms with Gasteiger partial charge in [0.15, 0.2) is 0 Å². The van der Waals surface area contributed by atoms with Crippen LogP contribution in [-0.2, 0) is 11.2 Å². The SMILES string of the molecule is O=C(Cc1ccccc1F)NC1CCCCC1Cl. The van der Waals surface area contributed by atoms with Gasteiger partial charge in [-0.1, -0.05) is 31.0 Å². The van der Waals surface area contributed by atoms with Crippen LogP contribution in [0.1, 0.15) is 31.2 Å². The summed E-state index contributed by atoms with van der Waals surface area (Å²) in [5, 5.41) is 2.91. The molecule has 1 fully saturated rings. The molecule has 1 amide bonds. The van der Waals surface area contributed by atoms with Crippen LogP contribution in [0, 0.1) is 5.82 Å². The Morgan fingerprint density at radius 1 is 1.33 bits per heavy atom. The Labute approximate surface area is 112 Å². The molecular formula is C14H17ClFNO. The number of halogens is 2. The summed E-state index contributed by atoms with van der Waals surface area (Å²) in [6.07, 6.45) is 4.14. The van der Waals surface area contributed by atoms with E-state index in [2.05, 4.69) is 5.32 Å². The fourth-order valence-corrected chi connectivity index (χ4v) is 2.66. The molecule has 0 bridgehead atoms. The first-order chi connectivity index (χ1) is 8.66. The van der Waals surface area contributed by atoms with Crippen molar-refractivity contribution in [3.63, 3.8) is 0 Å². The Balaban J connectivity index is 1.90. The van der Waals surface area contributed by atoms with Crippen molar-refractivity contribution in [2.24, 2.45) is 0 Å². The third-order valence-corrected chi connectivity index (χ3v) is 3.86. The molecule has 98 valence electrons. The zero-order valence-corrected chi connectivity index (χ0v) is 10.9. The summed E-state index contributed by atoms with van der Waals surface area (Å²) in [6.45, 7) is 0. The maximum atomic E-state index is 13.4. The second kappa shape index (κ2) is 6.19. The molecule has 4 heteroatoms. The van der Waals surface area contributed by atoms with E-state index in [-0.39, 0.29) is 29.6 Å². The van der Waals surface area contributed by atoms with Crippen LogP contribution in [0.5, 0.6) is 0 Å². The summed E-state index contributed by atoms with van der Waals surface area (Å²) in [5.74, 6) is -0.489. The van der Waals surface area contributed by atoms with Crippen LogP contribution in [0.2, 0.25) is 0 Å². The topological polar surface area (TPSA) is 29.1 Å². The Morgan fingerprint density at radius 2 is 2.06 bits per heavy atom. The fourth-order valence-electron chi connectivity index (χ4n) is 2.32. The van der Waals surface area contributed by atoms with Gasteiger partial charge >= 0.3 is 0 Å². The highest BCUT2D eigenvalue weighted by atomic mass is 35.5. The van der Waals surface area contributed by atoms with Gasteiger partial charge in [-0.25, -0.2) is 4.39 Å². The van der Waals surface area contributed by atoms with Gasteiger partial charge in [0.2, 0.25) is 5.91 Å². The van der Waals surface area contributed by atoms with E-state index in [0.29, 0.717) is 5.56 Å². The van der Waals surface area contributed by atoms with Crippen LogP contribution in [0.25, 0.3) is 0 Å². The van der Waals surface area contributed by atoms with E-state index in [1.54, 1.807) is 18.2 Å². The number of hydrogen-bond acceptors (Lipinski definition) is 1. The minimum absolute atomic E-state index is 0.00307. The summed E-state index contributed by atoms with van der Waals surface area (Å²) in [6, 6.07) is 6.38. The molecule has 1 N–H and O–H groups in total. The number of benzene rings is 1. The number of amides is 1. The first kappa shape index (κ1) is 13.3. The molecule has 2 unspecified atom stereocenters. The Hall–Kier alpha value is -1.09. The van der Waals surface area contributed by atoms with Crippen molar-refractivity contribution < 1.29 is 9.18 Å². The highest BCUT2D eigenvalue weighted by molar-refractivity contribution is 6.21. The third-order valence-electron chi connectivity index (χ3n) is 3.34. The minimum atomic E-state index is -0.335. The maximum absolute atomic E-state index is 13.4. The number of alkyl halides is 1. The molecule has 0 radical (unpaired) electrons. The van der Waals surface area contributed by atoms with Crippen molar-refractivity contribution >= 4 is 17.5 Å². The molecule has 2 nitrogen and oxygen atoms in total. The lowest BCUT2D eigenvalue weighted by molar-refractivity contribution is -0.121. The fraction of sp³-hybridized carbons (Fsp3) is 0.500. The molecule has 1 aliphatic rings. The highest BCUT2D eigenvalue weighted by Gasteiger charge is 2.24. The molecule has 18 heavy (non-hydrogen) atoms. The predicted octanol–water partition coefficient (Wildman–Crippen LogP) is 3.03. The Morgan fingerprint density at radius 3 is 2.78 bits per heavy atom. The zero-order valence-electron chi connectivity index (χ0n) is 10.2. The van der Waals surface area contributed by atoms with Gasteiger partial charge in [-0.05, 0) is 24.5 Å². The minimum Gasteiger partial charge on any atom is -0.352 e. The summed E-state index contributed by atoms with van der Waals surface area (Å²) in [7, 11) is 0. The van der Waals surface area contributed by atoms with Gasteiger partial charge in [0.1, 0.15) is 5.82 Å². The van der Waals surface area contributed by atoms with Gasteiger partial charge in [-0.15, -0.1) is 11.6 Å². The van der Waals surface area contributed by atoms with Crippen molar-refractivity contribution in [3.8, 4) is 0 Å². The van der Waals surface area contributed by atoms with Crippen molar-refractivity contribution in [3.05, 3.63) is 35.6 Å². The quantitative estimate of drug-likeness (QED) is 0.840. The summed E-state index contributed by atoms with van der Waals surface area (Å²) >= 11 is 6.17. The van der Waals surface area contributed by atoms with Crippen LogP contribution >= 0.6 is 11.6 Å². The van der Waals surface area contributed by atoms with Crippen molar-refractivity contribution in [1.82, 2.24) is 5.32 Å². The molecule has 1 aromatic carbocycles. The Bertz CT molecular complexity index is 424. The summed E-state index contributed by atoms with van der Waals surface area (Å²) < 4.78 is 13.4. The van der Waals surface area contributed by atoms with Gasteiger partial charge in [0, 0.05) is 6.04 Å². The van der Waals surface area contributed by atoms with E-state index in [1.165, 1.54) is 6.07 Å². The molecule has 2 rings (SSSR count). The third kappa shape index (κ3) is 3.45. The van der Waals surface area contributed by atoms with Crippen LogP contribution in [0.3, 0.4) is 0 Å². The van der Waals surface area contributed by atoms with E-state index in [4.69, 9.17) is 11.6 Å². The van der Waals surface area contributed by atoms with Crippen molar-refractivity contribution in [2.45, 2.75) is 43.5 Å². The van der Waals surface area contributed by atoms with Gasteiger partial charge in [0.05, 0.1) is 11.8 Å². The normalized spacial score (nSPS) is 23.7. The lowest BCUT2D eigenvalue weighted by Crippen LogP contribution is -2.43. The molecule has 1 aliphatic carbocycles. The standard InChI is InChI=1S/C14H17ClFNO/c15-11-6-2-4-8-13(11)17-14(18)9-10-5-1-3-7-12(10)16/h1,3,5,7,11,13H,2,4,6,8-9H2,(H,17,18). The second-order valence-corrected chi connectivity index (χ2v) is 5.30. The summed E-state index contributed by atoms with van der Waals surface area (Å²) in [5.41, 5.74) is 0.428. The monoisotopic (exact) mass is 269 g/mol. The number of hydrogen-bond donors (Lipinski definition) is 1. The summed E-state index contributed by atoms with van der Waals surface area (Å²) in [4.78, 5) is 11.8. The van der Waals surface area contributed by atoms with E-state index in [9.17, 15) is 9.18 Å². The van der Waals surface area contributed by atoms with Crippen molar-refractivity contribution in [2.75, 3.05) is 0 Å². The maximum Gasteiger partial charge on any atom is 0.224 e. The van der Waals surface area contributed by atoms with Crippen LogP contribution in [-0.4, -0.2) is 17.3 Å². The molecule has 0 heterocycles. The van der Waals surface area contributed by atoms with Gasteiger partial charge in [-0.3, -0.25) is 4.79 Å². The smallest absolute Gasteiger partial charge is 0.224 e. The van der Waals surface area contributed by atoms with Gasteiger partial charge < -0.3 is 5.32 Å². The molecule has 2 atom stereocenters. The van der Waals surface area contributed by atoms with Crippen molar-refractivity contribution in [1.29, 1.82) is 0 Å². The average molecular weight is 270 g/mol. The van der Waals surface area contributed by atoms with Crippen LogP contribution in [0.15, 0.2) is 24.3 Å². The van der Waals surface area contributed by atoms with E-state index < -0.39 is 0 Å². The molecule has 1 aromatic rings.